The van der Waals surface area contributed by atoms with Gasteiger partial charge in [0, 0.05) is 12.6 Å². The third-order valence-electron chi connectivity index (χ3n) is 3.69. The molecule has 1 saturated heterocycles. The minimum atomic E-state index is 0.397. The number of hydrogen-bond acceptors (Lipinski definition) is 3. The molecule has 16 heavy (non-hydrogen) atoms. The molecule has 0 aromatic carbocycles. The molecule has 2 aliphatic heterocycles. The summed E-state index contributed by atoms with van der Waals surface area (Å²) in [5.41, 5.74) is 0. The fourth-order valence-corrected chi connectivity index (χ4v) is 2.49. The molecule has 0 bridgehead atoms. The second-order valence-corrected chi connectivity index (χ2v) is 4.82. The Morgan fingerprint density at radius 1 is 1.31 bits per heavy atom. The zero-order valence-corrected chi connectivity index (χ0v) is 10.3. The Labute approximate surface area is 98.8 Å². The van der Waals surface area contributed by atoms with E-state index >= 15 is 0 Å². The highest BCUT2D eigenvalue weighted by Gasteiger charge is 2.19. The van der Waals surface area contributed by atoms with Crippen molar-refractivity contribution in [2.75, 3.05) is 26.2 Å². The van der Waals surface area contributed by atoms with Crippen LogP contribution < -0.4 is 5.32 Å². The van der Waals surface area contributed by atoms with Crippen LogP contribution in [-0.2, 0) is 4.74 Å². The van der Waals surface area contributed by atoms with Gasteiger partial charge in [0.1, 0.15) is 6.10 Å². The highest BCUT2D eigenvalue weighted by Crippen LogP contribution is 2.12. The van der Waals surface area contributed by atoms with Crippen LogP contribution >= 0.6 is 0 Å². The van der Waals surface area contributed by atoms with Gasteiger partial charge < -0.3 is 15.0 Å². The van der Waals surface area contributed by atoms with E-state index in [9.17, 15) is 0 Å². The highest BCUT2D eigenvalue weighted by atomic mass is 16.5. The van der Waals surface area contributed by atoms with Crippen LogP contribution in [0.1, 0.15) is 32.6 Å². The maximum absolute atomic E-state index is 5.56. The summed E-state index contributed by atoms with van der Waals surface area (Å²) < 4.78 is 5.56. The van der Waals surface area contributed by atoms with Crippen LogP contribution in [0.5, 0.6) is 0 Å². The number of piperidine rings is 1. The van der Waals surface area contributed by atoms with Gasteiger partial charge in [-0.3, -0.25) is 0 Å². The average Bonchev–Trinajstić information content (AvgIpc) is 2.38. The lowest BCUT2D eigenvalue weighted by molar-refractivity contribution is 0.113. The first kappa shape index (κ1) is 11.9. The van der Waals surface area contributed by atoms with Gasteiger partial charge in [-0.25, -0.2) is 0 Å². The zero-order chi connectivity index (χ0) is 11.2. The molecule has 1 fully saturated rings. The lowest BCUT2D eigenvalue weighted by Gasteiger charge is -2.32. The number of ether oxygens (including phenoxy) is 1. The molecular formula is C13H24N2O. The van der Waals surface area contributed by atoms with E-state index in [0.29, 0.717) is 12.1 Å². The Kier molecular flexibility index (Phi) is 4.67. The van der Waals surface area contributed by atoms with Gasteiger partial charge >= 0.3 is 0 Å². The standard InChI is InChI=1S/C13H24N2O/c1-2-15-8-6-12(7-9-15)14-11-13-5-3-4-10-16-13/h4,10,12-14H,2-3,5-9,11H2,1H3. The molecule has 0 aromatic rings. The second kappa shape index (κ2) is 6.26. The van der Waals surface area contributed by atoms with Crippen molar-refractivity contribution in [3.63, 3.8) is 0 Å². The summed E-state index contributed by atoms with van der Waals surface area (Å²) in [7, 11) is 0. The summed E-state index contributed by atoms with van der Waals surface area (Å²) in [6.07, 6.45) is 9.27. The van der Waals surface area contributed by atoms with E-state index in [1.165, 1.54) is 38.9 Å². The van der Waals surface area contributed by atoms with Crippen LogP contribution in [0.15, 0.2) is 12.3 Å². The van der Waals surface area contributed by atoms with Gasteiger partial charge in [-0.15, -0.1) is 0 Å². The van der Waals surface area contributed by atoms with E-state index in [-0.39, 0.29) is 0 Å². The second-order valence-electron chi connectivity index (χ2n) is 4.82. The van der Waals surface area contributed by atoms with Gasteiger partial charge in [0.25, 0.3) is 0 Å². The highest BCUT2D eigenvalue weighted by molar-refractivity contribution is 4.84. The molecule has 0 aliphatic carbocycles. The van der Waals surface area contributed by atoms with E-state index in [0.717, 1.165) is 13.0 Å². The topological polar surface area (TPSA) is 24.5 Å². The maximum Gasteiger partial charge on any atom is 0.110 e. The van der Waals surface area contributed by atoms with Gasteiger partial charge in [0.15, 0.2) is 0 Å². The molecular weight excluding hydrogens is 200 g/mol. The summed E-state index contributed by atoms with van der Waals surface area (Å²) >= 11 is 0. The normalized spacial score (nSPS) is 27.9. The van der Waals surface area contributed by atoms with Crippen LogP contribution in [0.4, 0.5) is 0 Å². The first-order valence-corrected chi connectivity index (χ1v) is 6.64. The van der Waals surface area contributed by atoms with E-state index in [4.69, 9.17) is 4.74 Å². The summed E-state index contributed by atoms with van der Waals surface area (Å²) in [4.78, 5) is 2.53. The van der Waals surface area contributed by atoms with Crippen LogP contribution in [0.3, 0.4) is 0 Å². The number of nitrogens with one attached hydrogen (secondary N) is 1. The molecule has 0 saturated carbocycles. The Hall–Kier alpha value is -0.540. The fourth-order valence-electron chi connectivity index (χ4n) is 2.49. The third-order valence-corrected chi connectivity index (χ3v) is 3.69. The summed E-state index contributed by atoms with van der Waals surface area (Å²) in [6.45, 7) is 6.96. The number of allylic oxidation sites excluding steroid dienone is 1. The fraction of sp³-hybridized carbons (Fsp3) is 0.846. The molecule has 0 aromatic heterocycles. The third kappa shape index (κ3) is 3.49. The Morgan fingerprint density at radius 3 is 2.75 bits per heavy atom. The SMILES string of the molecule is CCN1CCC(NCC2CCC=CO2)CC1. The molecule has 3 heteroatoms. The van der Waals surface area contributed by atoms with Crippen molar-refractivity contribution in [2.24, 2.45) is 0 Å². The minimum absolute atomic E-state index is 0.397. The number of rotatable bonds is 4. The molecule has 3 nitrogen and oxygen atoms in total. The molecule has 2 rings (SSSR count). The summed E-state index contributed by atoms with van der Waals surface area (Å²) in [5, 5.41) is 3.65. The smallest absolute Gasteiger partial charge is 0.110 e. The predicted molar refractivity (Wildman–Crippen MR) is 66.4 cm³/mol. The van der Waals surface area contributed by atoms with E-state index in [1.807, 2.05) is 6.26 Å². The van der Waals surface area contributed by atoms with Crippen LogP contribution in [0.2, 0.25) is 0 Å². The molecule has 1 N–H and O–H groups in total. The molecule has 2 aliphatic rings. The van der Waals surface area contributed by atoms with Crippen molar-refractivity contribution < 1.29 is 4.74 Å². The molecule has 0 spiro atoms. The van der Waals surface area contributed by atoms with Crippen LogP contribution in [0, 0.1) is 0 Å². The van der Waals surface area contributed by atoms with E-state index < -0.39 is 0 Å². The Balaban J connectivity index is 1.61. The monoisotopic (exact) mass is 224 g/mol. The van der Waals surface area contributed by atoms with Crippen molar-refractivity contribution in [1.82, 2.24) is 10.2 Å². The molecule has 1 unspecified atom stereocenters. The van der Waals surface area contributed by atoms with E-state index in [1.54, 1.807) is 0 Å². The first-order chi connectivity index (χ1) is 7.88. The van der Waals surface area contributed by atoms with Gasteiger partial charge in [-0.1, -0.05) is 6.92 Å². The first-order valence-electron chi connectivity index (χ1n) is 6.64. The number of nitrogens with zero attached hydrogens (tertiary/aromatic N) is 1. The Bertz CT molecular complexity index is 222. The lowest BCUT2D eigenvalue weighted by Crippen LogP contribution is -2.44. The van der Waals surface area contributed by atoms with Crippen LogP contribution in [0.25, 0.3) is 0 Å². The number of hydrogen-bond donors (Lipinski definition) is 1. The molecule has 92 valence electrons. The quantitative estimate of drug-likeness (QED) is 0.787. The molecule has 0 radical (unpaired) electrons. The lowest BCUT2D eigenvalue weighted by atomic mass is 10.0. The van der Waals surface area contributed by atoms with Gasteiger partial charge in [0.2, 0.25) is 0 Å². The van der Waals surface area contributed by atoms with Crippen molar-refractivity contribution in [1.29, 1.82) is 0 Å². The molecule has 2 heterocycles. The summed E-state index contributed by atoms with van der Waals surface area (Å²) in [5.74, 6) is 0. The molecule has 0 amide bonds. The predicted octanol–water partition coefficient (Wildman–Crippen LogP) is 1.75. The van der Waals surface area contributed by atoms with Crippen molar-refractivity contribution in [3.05, 3.63) is 12.3 Å². The van der Waals surface area contributed by atoms with Crippen molar-refractivity contribution in [3.8, 4) is 0 Å². The minimum Gasteiger partial charge on any atom is -0.497 e. The van der Waals surface area contributed by atoms with Gasteiger partial charge in [-0.2, -0.15) is 0 Å². The van der Waals surface area contributed by atoms with Gasteiger partial charge in [-0.05, 0) is 51.4 Å². The maximum atomic E-state index is 5.56. The van der Waals surface area contributed by atoms with E-state index in [2.05, 4.69) is 23.2 Å². The largest absolute Gasteiger partial charge is 0.497 e. The Morgan fingerprint density at radius 2 is 2.12 bits per heavy atom. The van der Waals surface area contributed by atoms with Crippen molar-refractivity contribution in [2.45, 2.75) is 44.8 Å². The average molecular weight is 224 g/mol. The zero-order valence-electron chi connectivity index (χ0n) is 10.3. The number of likely N-dealkylation sites (tertiary alicyclic amines) is 1. The van der Waals surface area contributed by atoms with Crippen LogP contribution in [-0.4, -0.2) is 43.2 Å². The van der Waals surface area contributed by atoms with Crippen molar-refractivity contribution >= 4 is 0 Å². The van der Waals surface area contributed by atoms with Gasteiger partial charge in [0.05, 0.1) is 6.26 Å². The summed E-state index contributed by atoms with van der Waals surface area (Å²) in [6, 6.07) is 0.706. The molecule has 1 atom stereocenters.